The van der Waals surface area contributed by atoms with Crippen LogP contribution in [0.3, 0.4) is 0 Å². The summed E-state index contributed by atoms with van der Waals surface area (Å²) in [6, 6.07) is 0. The van der Waals surface area contributed by atoms with Crippen molar-refractivity contribution in [1.82, 2.24) is 9.55 Å². The minimum atomic E-state index is -1.38. The topological polar surface area (TPSA) is 72.2 Å². The van der Waals surface area contributed by atoms with Crippen molar-refractivity contribution in [3.63, 3.8) is 0 Å². The Bertz CT molecular complexity index is 282. The number of hydrogen-bond acceptors (Lipinski definition) is 3. The molecule has 1 N–H and O–H groups in total. The Morgan fingerprint density at radius 2 is 2.07 bits per heavy atom. The minimum absolute atomic E-state index is 0.824. The molecule has 5 heteroatoms. The summed E-state index contributed by atoms with van der Waals surface area (Å²) in [5, 5.41) is 7.64. The van der Waals surface area contributed by atoms with Crippen LogP contribution in [0.1, 0.15) is 26.7 Å². The number of carboxylic acid groups (broad SMARTS) is 1. The zero-order valence-corrected chi connectivity index (χ0v) is 9.01. The number of carbonyl (C=O) groups excluding carboxylic acids is 1. The Morgan fingerprint density at radius 1 is 1.47 bits per heavy atom. The van der Waals surface area contributed by atoms with Crippen LogP contribution in [-0.4, -0.2) is 26.4 Å². The summed E-state index contributed by atoms with van der Waals surface area (Å²) in [5.41, 5.74) is 0. The van der Waals surface area contributed by atoms with Crippen molar-refractivity contribution in [2.75, 3.05) is 0 Å². The highest BCUT2D eigenvalue weighted by atomic mass is 16.4. The molecule has 5 nitrogen and oxygen atoms in total. The number of hydrogen-bond donors (Lipinski definition) is 1. The smallest absolute Gasteiger partial charge is 0.371 e. The predicted molar refractivity (Wildman–Crippen MR) is 55.5 cm³/mol. The van der Waals surface area contributed by atoms with E-state index in [2.05, 4.69) is 16.5 Å². The number of imidazole rings is 1. The fraction of sp³-hybridized carbons (Fsp3) is 0.500. The number of aryl methyl sites for hydroxylation is 1. The van der Waals surface area contributed by atoms with Gasteiger partial charge in [0.15, 0.2) is 0 Å². The van der Waals surface area contributed by atoms with Gasteiger partial charge in [-0.15, -0.1) is 0 Å². The van der Waals surface area contributed by atoms with E-state index in [0.717, 1.165) is 13.5 Å². The van der Waals surface area contributed by atoms with Crippen molar-refractivity contribution in [3.8, 4) is 0 Å². The summed E-state index contributed by atoms with van der Waals surface area (Å²) in [4.78, 5) is 22.8. The zero-order valence-electron chi connectivity index (χ0n) is 9.01. The van der Waals surface area contributed by atoms with E-state index in [4.69, 9.17) is 5.11 Å². The molecule has 0 saturated carbocycles. The average molecular weight is 212 g/mol. The molecule has 0 saturated heterocycles. The first-order valence-electron chi connectivity index (χ1n) is 4.77. The molecule has 0 atom stereocenters. The van der Waals surface area contributed by atoms with Crippen molar-refractivity contribution in [1.29, 1.82) is 0 Å². The lowest BCUT2D eigenvalue weighted by atomic mass is 10.3. The molecule has 1 aromatic heterocycles. The van der Waals surface area contributed by atoms with Gasteiger partial charge in [-0.25, -0.2) is 9.78 Å². The van der Waals surface area contributed by atoms with Gasteiger partial charge < -0.3 is 9.67 Å². The van der Waals surface area contributed by atoms with Gasteiger partial charge in [0.05, 0.1) is 6.33 Å². The van der Waals surface area contributed by atoms with E-state index >= 15 is 0 Å². The van der Waals surface area contributed by atoms with Crippen molar-refractivity contribution >= 4 is 11.8 Å². The molecule has 0 aliphatic carbocycles. The number of aliphatic carboxylic acids is 1. The first kappa shape index (κ1) is 13.4. The minimum Gasteiger partial charge on any atom is -0.476 e. The van der Waals surface area contributed by atoms with Crippen molar-refractivity contribution in [2.24, 2.45) is 0 Å². The molecule has 0 radical (unpaired) electrons. The van der Waals surface area contributed by atoms with Crippen LogP contribution in [0.4, 0.5) is 0 Å². The number of ketones is 1. The SMILES string of the molecule is CC(=O)C(=O)O.CCCCn1ccnc1. The molecule has 1 rings (SSSR count). The molecule has 84 valence electrons. The van der Waals surface area contributed by atoms with Gasteiger partial charge in [-0.3, -0.25) is 4.79 Å². The van der Waals surface area contributed by atoms with Gasteiger partial charge in [0.2, 0.25) is 5.78 Å². The molecule has 0 fully saturated rings. The molecule has 0 spiro atoms. The van der Waals surface area contributed by atoms with Gasteiger partial charge in [0.25, 0.3) is 0 Å². The largest absolute Gasteiger partial charge is 0.476 e. The second-order valence-corrected chi connectivity index (χ2v) is 3.02. The second kappa shape index (κ2) is 7.73. The normalized spacial score (nSPS) is 8.93. The number of nitrogens with zero attached hydrogens (tertiary/aromatic N) is 2. The molecule has 0 aromatic carbocycles. The van der Waals surface area contributed by atoms with Crippen LogP contribution in [0.5, 0.6) is 0 Å². The third-order valence-electron chi connectivity index (χ3n) is 1.63. The van der Waals surface area contributed by atoms with Crippen molar-refractivity contribution < 1.29 is 14.7 Å². The first-order valence-corrected chi connectivity index (χ1v) is 4.77. The lowest BCUT2D eigenvalue weighted by molar-refractivity contribution is -0.148. The highest BCUT2D eigenvalue weighted by molar-refractivity contribution is 6.31. The average Bonchev–Trinajstić information content (AvgIpc) is 2.68. The Labute approximate surface area is 88.7 Å². The Morgan fingerprint density at radius 3 is 2.40 bits per heavy atom. The van der Waals surface area contributed by atoms with E-state index in [1.165, 1.54) is 12.8 Å². The van der Waals surface area contributed by atoms with Crippen LogP contribution >= 0.6 is 0 Å². The second-order valence-electron chi connectivity index (χ2n) is 3.02. The number of rotatable bonds is 4. The van der Waals surface area contributed by atoms with Crippen LogP contribution < -0.4 is 0 Å². The Kier molecular flexibility index (Phi) is 6.88. The molecular weight excluding hydrogens is 196 g/mol. The van der Waals surface area contributed by atoms with E-state index in [0.29, 0.717) is 0 Å². The van der Waals surface area contributed by atoms with Gasteiger partial charge in [-0.1, -0.05) is 13.3 Å². The lowest BCUT2D eigenvalue weighted by Crippen LogP contribution is -2.05. The first-order chi connectivity index (χ1) is 7.07. The molecule has 0 unspecified atom stereocenters. The number of carboxylic acids is 1. The molecule has 1 aromatic rings. The maximum absolute atomic E-state index is 9.54. The number of aromatic nitrogens is 2. The molecular formula is C10H16N2O3. The number of carbonyl (C=O) groups is 2. The molecule has 0 aliphatic heterocycles. The number of unbranched alkanes of at least 4 members (excludes halogenated alkanes) is 1. The van der Waals surface area contributed by atoms with Crippen LogP contribution in [0.25, 0.3) is 0 Å². The molecule has 0 bridgehead atoms. The van der Waals surface area contributed by atoms with Crippen molar-refractivity contribution in [2.45, 2.75) is 33.2 Å². The van der Waals surface area contributed by atoms with Gasteiger partial charge >= 0.3 is 5.97 Å². The quantitative estimate of drug-likeness (QED) is 0.764. The van der Waals surface area contributed by atoms with E-state index in [1.54, 1.807) is 0 Å². The zero-order chi connectivity index (χ0) is 11.7. The molecule has 15 heavy (non-hydrogen) atoms. The van der Waals surface area contributed by atoms with Crippen LogP contribution in [0.2, 0.25) is 0 Å². The fourth-order valence-corrected chi connectivity index (χ4v) is 0.760. The summed E-state index contributed by atoms with van der Waals surface area (Å²) < 4.78 is 2.10. The maximum Gasteiger partial charge on any atom is 0.371 e. The number of Topliss-reactive ketones (excluding diaryl/α,β-unsaturated/α-hetero) is 1. The van der Waals surface area contributed by atoms with Gasteiger partial charge in [0.1, 0.15) is 0 Å². The summed E-state index contributed by atoms with van der Waals surface area (Å²) in [6.45, 7) is 4.30. The standard InChI is InChI=1S/C7H12N2.C3H4O3/c1-2-3-5-9-6-4-8-7-9;1-2(4)3(5)6/h4,6-7H,2-3,5H2,1H3;1H3,(H,5,6). The summed E-state index contributed by atoms with van der Waals surface area (Å²) >= 11 is 0. The van der Waals surface area contributed by atoms with Gasteiger partial charge in [0, 0.05) is 25.9 Å². The van der Waals surface area contributed by atoms with Crippen LogP contribution in [-0.2, 0) is 16.1 Å². The van der Waals surface area contributed by atoms with E-state index in [1.807, 2.05) is 18.7 Å². The van der Waals surface area contributed by atoms with E-state index in [9.17, 15) is 9.59 Å². The predicted octanol–water partition coefficient (Wildman–Crippen LogP) is 1.34. The molecule has 0 aliphatic rings. The highest BCUT2D eigenvalue weighted by Gasteiger charge is 1.98. The molecule has 1 heterocycles. The van der Waals surface area contributed by atoms with Gasteiger partial charge in [-0.2, -0.15) is 0 Å². The monoisotopic (exact) mass is 212 g/mol. The Balaban J connectivity index is 0.000000288. The summed E-state index contributed by atoms with van der Waals surface area (Å²) in [5.74, 6) is -2.20. The Hall–Kier alpha value is -1.65. The van der Waals surface area contributed by atoms with E-state index < -0.39 is 11.8 Å². The van der Waals surface area contributed by atoms with Gasteiger partial charge in [-0.05, 0) is 6.42 Å². The summed E-state index contributed by atoms with van der Waals surface area (Å²) in [6.07, 6.45) is 8.16. The third kappa shape index (κ3) is 7.42. The van der Waals surface area contributed by atoms with Crippen LogP contribution in [0, 0.1) is 0 Å². The van der Waals surface area contributed by atoms with Crippen molar-refractivity contribution in [3.05, 3.63) is 18.7 Å². The fourth-order valence-electron chi connectivity index (χ4n) is 0.760. The highest BCUT2D eigenvalue weighted by Crippen LogP contribution is 1.92. The van der Waals surface area contributed by atoms with Crippen LogP contribution in [0.15, 0.2) is 18.7 Å². The maximum atomic E-state index is 9.54. The van der Waals surface area contributed by atoms with E-state index in [-0.39, 0.29) is 0 Å². The lowest BCUT2D eigenvalue weighted by Gasteiger charge is -1.96. The third-order valence-corrected chi connectivity index (χ3v) is 1.63. The molecule has 0 amide bonds. The summed E-state index contributed by atoms with van der Waals surface area (Å²) in [7, 11) is 0.